The van der Waals surface area contributed by atoms with E-state index in [1.165, 1.54) is 32.6 Å². The number of phenolic OH excluding ortho intramolecular Hbond substituents is 1. The number of aromatic hydroxyl groups is 1. The fourth-order valence-corrected chi connectivity index (χ4v) is 3.32. The Balaban J connectivity index is 2.03. The van der Waals surface area contributed by atoms with Gasteiger partial charge in [-0.15, -0.1) is 0 Å². The number of carbonyl (C=O) groups is 2. The highest BCUT2D eigenvalue weighted by Crippen LogP contribution is 2.35. The first-order valence-electron chi connectivity index (χ1n) is 10.2. The van der Waals surface area contributed by atoms with E-state index >= 15 is 0 Å². The van der Waals surface area contributed by atoms with E-state index in [0.29, 0.717) is 11.4 Å². The highest BCUT2D eigenvalue weighted by molar-refractivity contribution is 6.27. The Kier molecular flexibility index (Phi) is 7.28. The monoisotopic (exact) mass is 455 g/mol. The summed E-state index contributed by atoms with van der Waals surface area (Å²) in [4.78, 5) is 44.8. The third-order valence-electron chi connectivity index (χ3n) is 4.88. The molecule has 3 rings (SSSR count). The van der Waals surface area contributed by atoms with Gasteiger partial charge in [0, 0.05) is 38.9 Å². The Morgan fingerprint density at radius 3 is 2.03 bits per heavy atom. The minimum absolute atomic E-state index is 0.114. The van der Waals surface area contributed by atoms with Crippen molar-refractivity contribution >= 4 is 23.5 Å². The second kappa shape index (κ2) is 10.3. The molecule has 0 bridgehead atoms. The van der Waals surface area contributed by atoms with Gasteiger partial charge < -0.3 is 31.6 Å². The molecule has 1 aliphatic heterocycles. The van der Waals surface area contributed by atoms with Crippen molar-refractivity contribution in [2.24, 2.45) is 9.98 Å². The molecule has 3 aliphatic rings. The predicted molar refractivity (Wildman–Crippen MR) is 123 cm³/mol. The Labute approximate surface area is 189 Å². The largest absolute Gasteiger partial charge is 0.507 e. The Bertz CT molecular complexity index is 1180. The second-order valence-electron chi connectivity index (χ2n) is 6.96. The summed E-state index contributed by atoms with van der Waals surface area (Å²) < 4.78 is 0.734. The molecule has 6 N–H and O–H groups in total. The molecular weight excluding hydrogens is 430 g/mol. The number of nitrogens with zero attached hydrogens (tertiary/aromatic N) is 3. The number of rotatable bonds is 6. The number of nitrogens with one attached hydrogen (secondary N) is 4. The van der Waals surface area contributed by atoms with Crippen LogP contribution in [-0.2, 0) is 0 Å². The maximum atomic E-state index is 13.3. The first-order valence-corrected chi connectivity index (χ1v) is 10.2. The first-order chi connectivity index (χ1) is 15.9. The van der Waals surface area contributed by atoms with Crippen molar-refractivity contribution in [2.75, 3.05) is 40.3 Å². The molecule has 2 aliphatic carbocycles. The number of hydrogen-bond donors (Lipinski definition) is 6. The van der Waals surface area contributed by atoms with Crippen LogP contribution >= 0.6 is 0 Å². The molecule has 0 radical (unpaired) electrons. The lowest BCUT2D eigenvalue weighted by Gasteiger charge is -2.20. The number of pyridine rings is 1. The van der Waals surface area contributed by atoms with Gasteiger partial charge in [0.25, 0.3) is 0 Å². The molecule has 0 fully saturated rings. The molecule has 12 heteroatoms. The molecular formula is C21H25N7O5. The maximum Gasteiger partial charge on any atom is 0.314 e. The van der Waals surface area contributed by atoms with Crippen LogP contribution < -0.4 is 26.7 Å². The molecule has 12 nitrogen and oxygen atoms in total. The van der Waals surface area contributed by atoms with Gasteiger partial charge >= 0.3 is 12.1 Å². The molecule has 0 aromatic carbocycles. The molecule has 0 atom stereocenters. The fraction of sp³-hybridized carbons (Fsp3) is 0.286. The van der Waals surface area contributed by atoms with E-state index in [0.717, 1.165) is 4.73 Å². The second-order valence-corrected chi connectivity index (χ2v) is 6.96. The van der Waals surface area contributed by atoms with Gasteiger partial charge in [0.1, 0.15) is 5.75 Å². The Morgan fingerprint density at radius 1 is 0.939 bits per heavy atom. The number of urea groups is 2. The minimum atomic E-state index is -0.431. The number of benzene rings is 1. The third kappa shape index (κ3) is 5.11. The normalized spacial score (nSPS) is 14.8. The van der Waals surface area contributed by atoms with Gasteiger partial charge in [-0.2, -0.15) is 0 Å². The third-order valence-corrected chi connectivity index (χ3v) is 4.88. The average molecular weight is 455 g/mol. The number of phenols is 1. The number of hydrogen-bond acceptors (Lipinski definition) is 7. The summed E-state index contributed by atoms with van der Waals surface area (Å²) >= 11 is 0. The van der Waals surface area contributed by atoms with Gasteiger partial charge in [0.15, 0.2) is 5.43 Å². The number of aliphatic imine (C=N–C) groups is 2. The van der Waals surface area contributed by atoms with E-state index < -0.39 is 5.43 Å². The predicted octanol–water partition coefficient (Wildman–Crippen LogP) is -0.0980. The van der Waals surface area contributed by atoms with Crippen LogP contribution in [0.15, 0.2) is 45.4 Å². The number of carbonyl (C=O) groups excluding carboxylic acids is 2. The van der Waals surface area contributed by atoms with Crippen molar-refractivity contribution in [3.05, 3.63) is 52.0 Å². The fourth-order valence-electron chi connectivity index (χ4n) is 3.32. The van der Waals surface area contributed by atoms with Crippen LogP contribution in [0, 0.1) is 0 Å². The van der Waals surface area contributed by atoms with E-state index in [2.05, 4.69) is 31.3 Å². The van der Waals surface area contributed by atoms with Gasteiger partial charge in [0.05, 0.1) is 47.4 Å². The van der Waals surface area contributed by atoms with Gasteiger partial charge in [-0.05, 0) is 18.2 Å². The number of fused-ring (bicyclic) bond motifs is 2. The molecule has 174 valence electrons. The molecule has 4 amide bonds. The lowest BCUT2D eigenvalue weighted by molar-refractivity contribution is 0.184. The summed E-state index contributed by atoms with van der Waals surface area (Å²) in [5, 5.41) is 30.9. The van der Waals surface area contributed by atoms with Crippen LogP contribution in [-0.4, -0.2) is 78.8 Å². The van der Waals surface area contributed by atoms with Crippen molar-refractivity contribution in [2.45, 2.75) is 0 Å². The minimum Gasteiger partial charge on any atom is -0.507 e. The van der Waals surface area contributed by atoms with E-state index in [1.807, 2.05) is 0 Å². The van der Waals surface area contributed by atoms with Crippen LogP contribution in [0.25, 0.3) is 11.1 Å². The van der Waals surface area contributed by atoms with Gasteiger partial charge in [-0.3, -0.25) is 14.8 Å². The van der Waals surface area contributed by atoms with Crippen LogP contribution in [0.2, 0.25) is 0 Å². The SMILES string of the molecule is CNC(=O)NCCN=C1C=CC(=NCCNC(=O)NC)c2c1c(O)c1ccn(O)cc-1c2=O. The molecule has 0 spiro atoms. The Morgan fingerprint density at radius 2 is 1.48 bits per heavy atom. The maximum absolute atomic E-state index is 13.3. The lowest BCUT2D eigenvalue weighted by atomic mass is 9.86. The molecule has 0 aromatic heterocycles. The molecule has 0 saturated carbocycles. The van der Waals surface area contributed by atoms with Crippen molar-refractivity contribution in [1.29, 1.82) is 0 Å². The van der Waals surface area contributed by atoms with Gasteiger partial charge in [-0.25, -0.2) is 14.3 Å². The van der Waals surface area contributed by atoms with Gasteiger partial charge in [0.2, 0.25) is 0 Å². The lowest BCUT2D eigenvalue weighted by Crippen LogP contribution is -2.34. The summed E-state index contributed by atoms with van der Waals surface area (Å²) in [6.07, 6.45) is 5.75. The zero-order valence-electron chi connectivity index (χ0n) is 18.2. The highest BCUT2D eigenvalue weighted by Gasteiger charge is 2.29. The molecule has 0 saturated heterocycles. The van der Waals surface area contributed by atoms with E-state index in [9.17, 15) is 24.7 Å². The quantitative estimate of drug-likeness (QED) is 0.264. The van der Waals surface area contributed by atoms with Crippen LogP contribution in [0.1, 0.15) is 11.1 Å². The van der Waals surface area contributed by atoms with E-state index in [1.54, 1.807) is 12.2 Å². The average Bonchev–Trinajstić information content (AvgIpc) is 2.82. The zero-order chi connectivity index (χ0) is 24.0. The molecule has 0 unspecified atom stereocenters. The highest BCUT2D eigenvalue weighted by atomic mass is 16.5. The van der Waals surface area contributed by atoms with Crippen molar-refractivity contribution < 1.29 is 19.9 Å². The van der Waals surface area contributed by atoms with E-state index in [-0.39, 0.29) is 66.2 Å². The van der Waals surface area contributed by atoms with E-state index in [4.69, 9.17) is 0 Å². The number of amides is 4. The molecule has 33 heavy (non-hydrogen) atoms. The van der Waals surface area contributed by atoms with Crippen LogP contribution in [0.5, 0.6) is 5.75 Å². The van der Waals surface area contributed by atoms with Crippen molar-refractivity contribution in [3.8, 4) is 16.9 Å². The summed E-state index contributed by atoms with van der Waals surface area (Å²) in [5.41, 5.74) is 1.000. The Hall–Kier alpha value is -4.35. The van der Waals surface area contributed by atoms with Gasteiger partial charge in [-0.1, -0.05) is 0 Å². The van der Waals surface area contributed by atoms with Crippen molar-refractivity contribution in [3.63, 3.8) is 0 Å². The molecule has 0 aromatic rings. The summed E-state index contributed by atoms with van der Waals surface area (Å²) in [6, 6.07) is 0.734. The zero-order valence-corrected chi connectivity index (χ0v) is 18.2. The topological polar surface area (TPSA) is 169 Å². The smallest absolute Gasteiger partial charge is 0.314 e. The summed E-state index contributed by atoms with van der Waals surface area (Å²) in [6.45, 7) is 0.901. The standard InChI is InChI=1S/C21H25N7O5/c1-22-20(31)26-8-6-24-14-3-4-15(25-7-9-27-21(32)23-2)17-16(14)18(29)12-5-10-28(33)11-13(12)19(17)30/h3-5,10-11,29,33H,6-9H2,1-2H3,(H2,22,26,31)(H2,23,27,32). The number of aromatic nitrogens is 1. The molecule has 1 heterocycles. The van der Waals surface area contributed by atoms with Crippen LogP contribution in [0.3, 0.4) is 0 Å². The summed E-state index contributed by atoms with van der Waals surface area (Å²) in [7, 11) is 3.00. The number of allylic oxidation sites excluding steroid dienone is 2. The van der Waals surface area contributed by atoms with Crippen LogP contribution in [0.4, 0.5) is 9.59 Å². The van der Waals surface area contributed by atoms with Crippen molar-refractivity contribution in [1.82, 2.24) is 26.0 Å². The first kappa shape index (κ1) is 23.3. The summed E-state index contributed by atoms with van der Waals surface area (Å²) in [5.74, 6) is -0.168.